The Hall–Kier alpha value is -3.28. The van der Waals surface area contributed by atoms with Gasteiger partial charge in [-0.15, -0.1) is 5.10 Å². The lowest BCUT2D eigenvalue weighted by atomic mass is 9.98. The molecule has 0 amide bonds. The first-order chi connectivity index (χ1) is 13.3. The van der Waals surface area contributed by atoms with E-state index in [0.29, 0.717) is 22.7 Å². The van der Waals surface area contributed by atoms with Crippen molar-refractivity contribution in [2.45, 2.75) is 32.4 Å². The van der Waals surface area contributed by atoms with Gasteiger partial charge >= 0.3 is 6.18 Å². The molecule has 3 rings (SSSR count). The number of H-pyrrole nitrogens is 1. The summed E-state index contributed by atoms with van der Waals surface area (Å²) < 4.78 is 38.7. The summed E-state index contributed by atoms with van der Waals surface area (Å²) in [5.74, 6) is 0.446. The monoisotopic (exact) mass is 386 g/mol. The predicted octanol–water partition coefficient (Wildman–Crippen LogP) is 4.21. The fraction of sp³-hybridized carbons (Fsp3) is 0.316. The van der Waals surface area contributed by atoms with E-state index in [4.69, 9.17) is 0 Å². The third kappa shape index (κ3) is 4.52. The molecule has 0 saturated heterocycles. The number of aliphatic imine (C=N–C) groups is 2. The fourth-order valence-electron chi connectivity index (χ4n) is 2.72. The summed E-state index contributed by atoms with van der Waals surface area (Å²) >= 11 is 0. The van der Waals surface area contributed by atoms with E-state index in [1.165, 1.54) is 6.21 Å². The number of amidine groups is 1. The maximum atomic E-state index is 12.9. The molecular formula is C19H17F3N6. The number of allylic oxidation sites excluding steroid dienone is 1. The van der Waals surface area contributed by atoms with Gasteiger partial charge in [0.15, 0.2) is 11.5 Å². The molecule has 0 spiro atoms. The summed E-state index contributed by atoms with van der Waals surface area (Å²) in [6, 6.07) is 7.18. The molecule has 144 valence electrons. The van der Waals surface area contributed by atoms with Crippen molar-refractivity contribution >= 4 is 12.1 Å². The van der Waals surface area contributed by atoms with Crippen molar-refractivity contribution in [2.24, 2.45) is 15.9 Å². The molecule has 0 atom stereocenters. The highest BCUT2D eigenvalue weighted by molar-refractivity contribution is 6.04. The third-order valence-corrected chi connectivity index (χ3v) is 4.22. The molecule has 1 aliphatic rings. The Morgan fingerprint density at radius 2 is 2.11 bits per heavy atom. The van der Waals surface area contributed by atoms with Crippen LogP contribution in [0.4, 0.5) is 13.2 Å². The molecule has 6 nitrogen and oxygen atoms in total. The smallest absolute Gasteiger partial charge is 0.241 e. The Labute approximate surface area is 159 Å². The van der Waals surface area contributed by atoms with E-state index in [9.17, 15) is 18.4 Å². The Kier molecular flexibility index (Phi) is 5.40. The van der Waals surface area contributed by atoms with E-state index in [2.05, 4.69) is 32.0 Å². The van der Waals surface area contributed by atoms with Gasteiger partial charge in [0.25, 0.3) is 0 Å². The first-order valence-corrected chi connectivity index (χ1v) is 8.61. The third-order valence-electron chi connectivity index (χ3n) is 4.22. The maximum Gasteiger partial charge on any atom is 0.432 e. The van der Waals surface area contributed by atoms with Crippen molar-refractivity contribution in [3.8, 4) is 17.3 Å². The second-order valence-electron chi connectivity index (χ2n) is 6.47. The van der Waals surface area contributed by atoms with Crippen LogP contribution in [0.2, 0.25) is 0 Å². The van der Waals surface area contributed by atoms with Crippen LogP contribution in [0, 0.1) is 17.2 Å². The molecule has 1 N–H and O–H groups in total. The molecule has 28 heavy (non-hydrogen) atoms. The Balaban J connectivity index is 2.12. The van der Waals surface area contributed by atoms with Crippen molar-refractivity contribution in [1.82, 2.24) is 15.4 Å². The van der Waals surface area contributed by atoms with Gasteiger partial charge in [0.2, 0.25) is 0 Å². The number of halogens is 3. The molecule has 0 aliphatic heterocycles. The zero-order valence-electron chi connectivity index (χ0n) is 15.1. The van der Waals surface area contributed by atoms with Crippen LogP contribution in [0.25, 0.3) is 11.3 Å². The van der Waals surface area contributed by atoms with Crippen LogP contribution < -0.4 is 0 Å². The predicted molar refractivity (Wildman–Crippen MR) is 98.9 cm³/mol. The van der Waals surface area contributed by atoms with Gasteiger partial charge in [0.05, 0.1) is 0 Å². The molecule has 2 aromatic rings. The zero-order valence-corrected chi connectivity index (χ0v) is 15.1. The SMILES string of the molecule is C=C(N=C(N=CC)c1cc(CC2CC2)cc(-c2n[nH]nc2C#N)c1)C(F)(F)F. The molecule has 1 aromatic heterocycles. The van der Waals surface area contributed by atoms with Crippen molar-refractivity contribution in [3.05, 3.63) is 47.3 Å². The van der Waals surface area contributed by atoms with E-state index in [0.717, 1.165) is 24.8 Å². The highest BCUT2D eigenvalue weighted by Crippen LogP contribution is 2.34. The highest BCUT2D eigenvalue weighted by atomic mass is 19.4. The van der Waals surface area contributed by atoms with Crippen LogP contribution >= 0.6 is 0 Å². The Bertz CT molecular complexity index is 990. The Morgan fingerprint density at radius 1 is 1.36 bits per heavy atom. The number of alkyl halides is 3. The fourth-order valence-corrected chi connectivity index (χ4v) is 2.72. The largest absolute Gasteiger partial charge is 0.432 e. The van der Waals surface area contributed by atoms with Crippen molar-refractivity contribution in [2.75, 3.05) is 0 Å². The number of aromatic amines is 1. The molecule has 1 aliphatic carbocycles. The lowest BCUT2D eigenvalue weighted by Crippen LogP contribution is -2.11. The molecule has 0 unspecified atom stereocenters. The summed E-state index contributed by atoms with van der Waals surface area (Å²) in [5, 5.41) is 19.4. The number of hydrogen-bond donors (Lipinski definition) is 1. The summed E-state index contributed by atoms with van der Waals surface area (Å²) in [6.07, 6.45) is -0.267. The average molecular weight is 386 g/mol. The minimum atomic E-state index is -4.65. The van der Waals surface area contributed by atoms with Crippen LogP contribution in [0.5, 0.6) is 0 Å². The number of nitrogens with one attached hydrogen (secondary N) is 1. The van der Waals surface area contributed by atoms with Gasteiger partial charge in [-0.2, -0.15) is 28.7 Å². The van der Waals surface area contributed by atoms with Crippen LogP contribution in [-0.2, 0) is 6.42 Å². The quantitative estimate of drug-likeness (QED) is 0.616. The van der Waals surface area contributed by atoms with Gasteiger partial charge in [-0.1, -0.05) is 6.58 Å². The van der Waals surface area contributed by atoms with Crippen LogP contribution in [-0.4, -0.2) is 33.6 Å². The van der Waals surface area contributed by atoms with Gasteiger partial charge in [-0.3, -0.25) is 0 Å². The van der Waals surface area contributed by atoms with E-state index < -0.39 is 11.9 Å². The molecule has 1 aromatic carbocycles. The minimum Gasteiger partial charge on any atom is -0.241 e. The van der Waals surface area contributed by atoms with E-state index in [-0.39, 0.29) is 11.5 Å². The molecule has 0 bridgehead atoms. The molecule has 0 radical (unpaired) electrons. The summed E-state index contributed by atoms with van der Waals surface area (Å²) in [4.78, 5) is 7.60. The first-order valence-electron chi connectivity index (χ1n) is 8.61. The second-order valence-corrected chi connectivity index (χ2v) is 6.47. The van der Waals surface area contributed by atoms with Gasteiger partial charge in [0, 0.05) is 17.3 Å². The standard InChI is InChI=1S/C19H17F3N6/c1-3-24-18(25-11(2)19(20,21)22)15-8-13(6-12-4-5-12)7-14(9-15)17-16(10-23)26-28-27-17/h3,7-9,12H,2,4-6H2,1H3,(H,26,27,28). The molecule has 9 heteroatoms. The highest BCUT2D eigenvalue weighted by Gasteiger charge is 2.32. The summed E-state index contributed by atoms with van der Waals surface area (Å²) in [7, 11) is 0. The number of nitrogens with zero attached hydrogens (tertiary/aromatic N) is 5. The topological polar surface area (TPSA) is 90.1 Å². The van der Waals surface area contributed by atoms with Crippen molar-refractivity contribution < 1.29 is 13.2 Å². The zero-order chi connectivity index (χ0) is 20.3. The molecule has 1 heterocycles. The lowest BCUT2D eigenvalue weighted by molar-refractivity contribution is -0.0919. The molecular weight excluding hydrogens is 369 g/mol. The second kappa shape index (κ2) is 7.76. The number of rotatable bonds is 5. The Morgan fingerprint density at radius 3 is 2.71 bits per heavy atom. The van der Waals surface area contributed by atoms with E-state index >= 15 is 0 Å². The number of aromatic nitrogens is 3. The minimum absolute atomic E-state index is 0.103. The van der Waals surface area contributed by atoms with E-state index in [1.54, 1.807) is 19.1 Å². The summed E-state index contributed by atoms with van der Waals surface area (Å²) in [5.41, 5.74) is 1.07. The number of benzene rings is 1. The lowest BCUT2D eigenvalue weighted by Gasteiger charge is -2.10. The maximum absolute atomic E-state index is 12.9. The van der Waals surface area contributed by atoms with Gasteiger partial charge in [-0.05, 0) is 55.9 Å². The van der Waals surface area contributed by atoms with Crippen LogP contribution in [0.15, 0.2) is 40.5 Å². The van der Waals surface area contributed by atoms with Gasteiger partial charge in [-0.25, -0.2) is 9.98 Å². The van der Waals surface area contributed by atoms with Crippen LogP contribution in [0.3, 0.4) is 0 Å². The summed E-state index contributed by atoms with van der Waals surface area (Å²) in [6.45, 7) is 4.59. The average Bonchev–Trinajstić information content (AvgIpc) is 3.32. The number of nitriles is 1. The normalized spacial score (nSPS) is 15.0. The van der Waals surface area contributed by atoms with Crippen LogP contribution in [0.1, 0.15) is 36.6 Å². The van der Waals surface area contributed by atoms with Gasteiger partial charge in [0.1, 0.15) is 17.5 Å². The van der Waals surface area contributed by atoms with Crippen molar-refractivity contribution in [1.29, 1.82) is 5.26 Å². The van der Waals surface area contributed by atoms with Gasteiger partial charge < -0.3 is 0 Å². The van der Waals surface area contributed by atoms with E-state index in [1.807, 2.05) is 12.1 Å². The van der Waals surface area contributed by atoms with Crippen molar-refractivity contribution in [3.63, 3.8) is 0 Å². The molecule has 1 saturated carbocycles. The molecule has 1 fully saturated rings. The first kappa shape index (κ1) is 19.5. The number of hydrogen-bond acceptors (Lipinski definition) is 4.